The molecule has 0 amide bonds. The van der Waals surface area contributed by atoms with Gasteiger partial charge in [0.1, 0.15) is 5.82 Å². The summed E-state index contributed by atoms with van der Waals surface area (Å²) in [6, 6.07) is 8.30. The number of carbonyl (C=O) groups is 1. The van der Waals surface area contributed by atoms with Gasteiger partial charge in [-0.25, -0.2) is 13.1 Å². The van der Waals surface area contributed by atoms with Crippen LogP contribution in [0.2, 0.25) is 0 Å². The third-order valence-electron chi connectivity index (χ3n) is 4.56. The summed E-state index contributed by atoms with van der Waals surface area (Å²) in [6.45, 7) is 0.333. The Balaban J connectivity index is 1.36. The lowest BCUT2D eigenvalue weighted by Crippen LogP contribution is -2.23. The first kappa shape index (κ1) is 21.7. The second kappa shape index (κ2) is 9.31. The molecular weight excluding hydrogens is 461 g/mol. The highest BCUT2D eigenvalue weighted by Crippen LogP contribution is 2.39. The minimum Gasteiger partial charge on any atom is -0.303 e. The smallest absolute Gasteiger partial charge is 0.208 e. The predicted molar refractivity (Wildman–Crippen MR) is 121 cm³/mol. The van der Waals surface area contributed by atoms with E-state index in [-0.39, 0.29) is 5.78 Å². The number of nitrogens with one attached hydrogen (secondary N) is 1. The van der Waals surface area contributed by atoms with E-state index in [9.17, 15) is 13.2 Å². The lowest BCUT2D eigenvalue weighted by molar-refractivity contribution is 0.102. The topological polar surface area (TPSA) is 93.9 Å². The summed E-state index contributed by atoms with van der Waals surface area (Å²) in [4.78, 5) is 15.6. The fraction of sp³-hybridized carbons (Fsp3) is 0.421. The van der Waals surface area contributed by atoms with Crippen molar-refractivity contribution in [1.29, 1.82) is 0 Å². The molecule has 11 heteroatoms. The molecule has 0 radical (unpaired) electrons. The highest BCUT2D eigenvalue weighted by atomic mass is 32.2. The van der Waals surface area contributed by atoms with Crippen LogP contribution in [0.15, 0.2) is 34.8 Å². The number of thiophene rings is 2. The maximum Gasteiger partial charge on any atom is 0.208 e. The number of sulfonamides is 1. The van der Waals surface area contributed by atoms with Crippen molar-refractivity contribution in [2.24, 2.45) is 0 Å². The molecule has 160 valence electrons. The van der Waals surface area contributed by atoms with Crippen LogP contribution in [-0.2, 0) is 22.9 Å². The van der Waals surface area contributed by atoms with Crippen LogP contribution in [0.25, 0.3) is 0 Å². The largest absolute Gasteiger partial charge is 0.303 e. The van der Waals surface area contributed by atoms with Gasteiger partial charge < -0.3 is 4.57 Å². The van der Waals surface area contributed by atoms with E-state index in [0.717, 1.165) is 41.4 Å². The minimum absolute atomic E-state index is 0.0532. The van der Waals surface area contributed by atoms with Gasteiger partial charge in [-0.2, -0.15) is 0 Å². The first-order valence-corrected chi connectivity index (χ1v) is 14.1. The van der Waals surface area contributed by atoms with Crippen molar-refractivity contribution in [2.45, 2.75) is 36.9 Å². The van der Waals surface area contributed by atoms with Crippen LogP contribution in [0.4, 0.5) is 0 Å². The molecule has 0 aromatic carbocycles. The van der Waals surface area contributed by atoms with Crippen molar-refractivity contribution < 1.29 is 13.2 Å². The van der Waals surface area contributed by atoms with Crippen molar-refractivity contribution >= 4 is 50.2 Å². The van der Waals surface area contributed by atoms with Crippen molar-refractivity contribution in [3.63, 3.8) is 0 Å². The van der Waals surface area contributed by atoms with Gasteiger partial charge >= 0.3 is 0 Å². The molecule has 1 aliphatic carbocycles. The fourth-order valence-electron chi connectivity index (χ4n) is 3.02. The lowest BCUT2D eigenvalue weighted by Gasteiger charge is -2.07. The van der Waals surface area contributed by atoms with Gasteiger partial charge in [-0.3, -0.25) is 4.79 Å². The Morgan fingerprint density at radius 2 is 2.10 bits per heavy atom. The van der Waals surface area contributed by atoms with Crippen LogP contribution in [0.5, 0.6) is 0 Å². The molecule has 0 spiro atoms. The zero-order valence-corrected chi connectivity index (χ0v) is 19.7. The molecule has 0 atom stereocenters. The maximum absolute atomic E-state index is 12.6. The Kier molecular flexibility index (Phi) is 6.73. The molecule has 3 aromatic heterocycles. The second-order valence-electron chi connectivity index (χ2n) is 7.15. The Morgan fingerprint density at radius 3 is 2.80 bits per heavy atom. The predicted octanol–water partition coefficient (Wildman–Crippen LogP) is 3.39. The van der Waals surface area contributed by atoms with Gasteiger partial charge in [0.05, 0.1) is 16.9 Å². The van der Waals surface area contributed by atoms with E-state index in [2.05, 4.69) is 30.9 Å². The average molecular weight is 483 g/mol. The molecule has 1 aliphatic rings. The molecule has 0 aliphatic heterocycles. The zero-order chi connectivity index (χ0) is 21.1. The fourth-order valence-corrected chi connectivity index (χ4v) is 6.14. The summed E-state index contributed by atoms with van der Waals surface area (Å²) >= 11 is 4.57. The van der Waals surface area contributed by atoms with Gasteiger partial charge in [-0.15, -0.1) is 32.9 Å². The van der Waals surface area contributed by atoms with Crippen molar-refractivity contribution in [3.8, 4) is 0 Å². The van der Waals surface area contributed by atoms with Gasteiger partial charge in [0, 0.05) is 28.8 Å². The van der Waals surface area contributed by atoms with Gasteiger partial charge in [-0.1, -0.05) is 17.8 Å². The van der Waals surface area contributed by atoms with E-state index in [1.165, 1.54) is 28.0 Å². The van der Waals surface area contributed by atoms with Crippen molar-refractivity contribution in [3.05, 3.63) is 50.1 Å². The third kappa shape index (κ3) is 5.79. The summed E-state index contributed by atoms with van der Waals surface area (Å²) in [7, 11) is -3.19. The molecule has 1 fully saturated rings. The summed E-state index contributed by atoms with van der Waals surface area (Å²) in [6.07, 6.45) is 4.74. The van der Waals surface area contributed by atoms with Gasteiger partial charge in [0.15, 0.2) is 10.9 Å². The Bertz CT molecular complexity index is 1110. The molecular formula is C19H22N4O3S4. The van der Waals surface area contributed by atoms with Crippen molar-refractivity contribution in [1.82, 2.24) is 19.5 Å². The molecule has 0 bridgehead atoms. The molecule has 1 saturated carbocycles. The van der Waals surface area contributed by atoms with E-state index in [4.69, 9.17) is 0 Å². The van der Waals surface area contributed by atoms with E-state index in [0.29, 0.717) is 29.6 Å². The molecule has 0 saturated heterocycles. The SMILES string of the molecule is CS(=O)(=O)NCCc1ccc(C(=O)CSc2nnc(Cc3cccs3)n2C2CC2)s1. The number of nitrogens with zero attached hydrogens (tertiary/aromatic N) is 3. The quantitative estimate of drug-likeness (QED) is 0.333. The number of Topliss-reactive ketones (excluding diaryl/α,β-unsaturated/α-hetero) is 1. The van der Waals surface area contributed by atoms with Gasteiger partial charge in [0.25, 0.3) is 0 Å². The van der Waals surface area contributed by atoms with Crippen LogP contribution in [-0.4, -0.2) is 47.5 Å². The minimum atomic E-state index is -3.19. The summed E-state index contributed by atoms with van der Waals surface area (Å²) in [5.74, 6) is 1.33. The first-order valence-electron chi connectivity index (χ1n) is 9.54. The lowest BCUT2D eigenvalue weighted by atomic mass is 10.3. The second-order valence-corrected chi connectivity index (χ2v) is 12.1. The van der Waals surface area contributed by atoms with E-state index < -0.39 is 10.0 Å². The molecule has 30 heavy (non-hydrogen) atoms. The molecule has 1 N–H and O–H groups in total. The van der Waals surface area contributed by atoms with E-state index in [1.807, 2.05) is 18.2 Å². The van der Waals surface area contributed by atoms with Crippen LogP contribution >= 0.6 is 34.4 Å². The molecule has 3 aromatic rings. The van der Waals surface area contributed by atoms with Gasteiger partial charge in [-0.05, 0) is 42.8 Å². The molecule has 4 rings (SSSR count). The molecule has 3 heterocycles. The Labute approximate surface area is 188 Å². The summed E-state index contributed by atoms with van der Waals surface area (Å²) in [5, 5.41) is 11.6. The summed E-state index contributed by atoms with van der Waals surface area (Å²) in [5.41, 5.74) is 0. The van der Waals surface area contributed by atoms with Crippen LogP contribution in [0.1, 0.15) is 44.1 Å². The monoisotopic (exact) mass is 482 g/mol. The van der Waals surface area contributed by atoms with E-state index >= 15 is 0 Å². The van der Waals surface area contributed by atoms with Crippen LogP contribution < -0.4 is 4.72 Å². The number of hydrogen-bond acceptors (Lipinski definition) is 8. The van der Waals surface area contributed by atoms with Gasteiger partial charge in [0.2, 0.25) is 10.0 Å². The maximum atomic E-state index is 12.6. The Morgan fingerprint density at radius 1 is 1.27 bits per heavy atom. The Hall–Kier alpha value is -1.53. The van der Waals surface area contributed by atoms with Crippen LogP contribution in [0.3, 0.4) is 0 Å². The van der Waals surface area contributed by atoms with Crippen LogP contribution in [0, 0.1) is 0 Å². The average Bonchev–Trinajstić information content (AvgIpc) is 3.09. The van der Waals surface area contributed by atoms with Crippen molar-refractivity contribution in [2.75, 3.05) is 18.6 Å². The highest BCUT2D eigenvalue weighted by molar-refractivity contribution is 7.99. The summed E-state index contributed by atoms with van der Waals surface area (Å²) < 4.78 is 27.0. The zero-order valence-electron chi connectivity index (χ0n) is 16.4. The number of aromatic nitrogens is 3. The van der Waals surface area contributed by atoms with E-state index in [1.54, 1.807) is 11.3 Å². The molecule has 7 nitrogen and oxygen atoms in total. The number of ketones is 1. The first-order chi connectivity index (χ1) is 14.4. The number of rotatable bonds is 11. The number of thioether (sulfide) groups is 1. The standard InChI is InChI=1S/C19H22N4O3S4/c1-30(25,26)20-9-8-14-6-7-17(29-14)16(24)12-28-19-22-21-18(23(19)13-4-5-13)11-15-3-2-10-27-15/h2-3,6-7,10,13,20H,4-5,8-9,11-12H2,1H3. The molecule has 0 unspecified atom stereocenters. The third-order valence-corrected chi connectivity index (χ3v) is 8.30. The number of carbonyl (C=O) groups excluding carboxylic acids is 1. The number of hydrogen-bond donors (Lipinski definition) is 1. The highest BCUT2D eigenvalue weighted by Gasteiger charge is 2.30. The normalized spacial score (nSPS) is 14.3.